The molecule has 4 N–H and O–H groups in total. The van der Waals surface area contributed by atoms with Gasteiger partial charge in [-0.1, -0.05) is 67.9 Å². The molecule has 4 rings (SSSR count). The van der Waals surface area contributed by atoms with Crippen LogP contribution in [0.4, 0.5) is 0 Å². The van der Waals surface area contributed by atoms with Crippen molar-refractivity contribution in [1.82, 2.24) is 16.0 Å². The molecule has 1 heterocycles. The van der Waals surface area contributed by atoms with E-state index in [4.69, 9.17) is 4.74 Å². The first-order valence-corrected chi connectivity index (χ1v) is 12.2. The number of amides is 3. The van der Waals surface area contributed by atoms with Gasteiger partial charge in [0, 0.05) is 13.1 Å². The zero-order chi connectivity index (χ0) is 25.5. The maximum Gasteiger partial charge on any atom is 0.253 e. The minimum atomic E-state index is -0.899. The number of rotatable bonds is 11. The number of carbonyl (C=O) groups excluding carboxylic acids is 3. The van der Waals surface area contributed by atoms with Gasteiger partial charge in [-0.25, -0.2) is 0 Å². The van der Waals surface area contributed by atoms with Gasteiger partial charge in [0.05, 0.1) is 0 Å². The summed E-state index contributed by atoms with van der Waals surface area (Å²) in [7, 11) is 0. The number of aromatic hydroxyl groups is 1. The van der Waals surface area contributed by atoms with Crippen molar-refractivity contribution in [2.75, 3.05) is 6.54 Å². The number of carbonyl (C=O) groups is 3. The average molecular weight is 490 g/mol. The lowest BCUT2D eigenvalue weighted by atomic mass is 10.0. The van der Waals surface area contributed by atoms with Gasteiger partial charge in [-0.2, -0.15) is 0 Å². The van der Waals surface area contributed by atoms with Crippen molar-refractivity contribution in [3.05, 3.63) is 77.9 Å². The van der Waals surface area contributed by atoms with E-state index >= 15 is 0 Å². The second-order valence-corrected chi connectivity index (χ2v) is 8.89. The molecule has 3 amide bonds. The molecule has 8 heteroatoms. The lowest BCUT2D eigenvalue weighted by Gasteiger charge is -2.18. The first kappa shape index (κ1) is 25.2. The number of fused-ring (bicyclic) bond motifs is 1. The summed E-state index contributed by atoms with van der Waals surface area (Å²) < 4.78 is 5.31. The van der Waals surface area contributed by atoms with Crippen molar-refractivity contribution >= 4 is 28.5 Å². The van der Waals surface area contributed by atoms with Crippen molar-refractivity contribution in [2.45, 2.75) is 51.0 Å². The summed E-state index contributed by atoms with van der Waals surface area (Å²) in [6.07, 6.45) is 0.0167. The fourth-order valence-electron chi connectivity index (χ4n) is 4.17. The van der Waals surface area contributed by atoms with Crippen LogP contribution in [0, 0.1) is 0 Å². The topological polar surface area (TPSA) is 120 Å². The Bertz CT molecular complexity index is 1220. The molecule has 8 nitrogen and oxygen atoms in total. The van der Waals surface area contributed by atoms with E-state index < -0.39 is 24.2 Å². The van der Waals surface area contributed by atoms with Gasteiger partial charge in [-0.05, 0) is 46.9 Å². The molecule has 3 atom stereocenters. The molecule has 1 aliphatic heterocycles. The molecule has 3 aromatic rings. The third-order valence-corrected chi connectivity index (χ3v) is 6.20. The Balaban J connectivity index is 1.25. The van der Waals surface area contributed by atoms with Crippen LogP contribution in [0.25, 0.3) is 10.8 Å². The van der Waals surface area contributed by atoms with Gasteiger partial charge in [-0.15, -0.1) is 0 Å². The summed E-state index contributed by atoms with van der Waals surface area (Å²) in [5, 5.41) is 19.9. The van der Waals surface area contributed by atoms with Crippen molar-refractivity contribution < 1.29 is 24.2 Å². The van der Waals surface area contributed by atoms with Crippen LogP contribution in [0.2, 0.25) is 0 Å². The number of phenolic OH excluding ortho intramolecular Hbond substituents is 1. The summed E-state index contributed by atoms with van der Waals surface area (Å²) >= 11 is 0. The molecule has 1 aliphatic rings. The van der Waals surface area contributed by atoms with Gasteiger partial charge in [0.1, 0.15) is 11.8 Å². The highest BCUT2D eigenvalue weighted by Crippen LogP contribution is 2.23. The maximum atomic E-state index is 12.9. The van der Waals surface area contributed by atoms with Gasteiger partial charge >= 0.3 is 0 Å². The van der Waals surface area contributed by atoms with Crippen LogP contribution in [0.1, 0.15) is 30.9 Å². The van der Waals surface area contributed by atoms with Gasteiger partial charge in [0.15, 0.2) is 12.2 Å². The molecule has 0 aromatic heterocycles. The molecule has 188 valence electrons. The highest BCUT2D eigenvalue weighted by Gasteiger charge is 2.50. The van der Waals surface area contributed by atoms with Gasteiger partial charge in [0.2, 0.25) is 5.91 Å². The van der Waals surface area contributed by atoms with Crippen LogP contribution in [-0.2, 0) is 32.1 Å². The van der Waals surface area contributed by atoms with Gasteiger partial charge in [-0.3, -0.25) is 14.4 Å². The highest BCUT2D eigenvalue weighted by atomic mass is 16.6. The van der Waals surface area contributed by atoms with Crippen LogP contribution in [0.15, 0.2) is 66.7 Å². The second-order valence-electron chi connectivity index (χ2n) is 8.89. The standard InChI is InChI=1S/C28H31N3O5/c1-2-6-23(26(33)30-17-20-9-5-8-19-7-3-4-10-22(19)20)31-28(35)25-24(36-25)27(34)29-16-15-18-11-13-21(32)14-12-18/h3-5,7-14,23-25,32H,2,6,15-17H2,1H3,(H,29,34)(H,30,33)(H,31,35)/t23-,24+,25?/m0/s1. The lowest BCUT2D eigenvalue weighted by molar-refractivity contribution is -0.129. The normalized spacial score (nSPS) is 17.2. The Morgan fingerprint density at radius 2 is 1.64 bits per heavy atom. The third-order valence-electron chi connectivity index (χ3n) is 6.20. The Hall–Kier alpha value is -3.91. The largest absolute Gasteiger partial charge is 0.508 e. The number of epoxide rings is 1. The number of nitrogens with one attached hydrogen (secondary N) is 3. The van der Waals surface area contributed by atoms with E-state index in [0.29, 0.717) is 32.4 Å². The zero-order valence-corrected chi connectivity index (χ0v) is 20.2. The van der Waals surface area contributed by atoms with E-state index in [1.54, 1.807) is 24.3 Å². The number of hydrogen-bond donors (Lipinski definition) is 4. The van der Waals surface area contributed by atoms with Crippen molar-refractivity contribution in [2.24, 2.45) is 0 Å². The number of phenols is 1. The van der Waals surface area contributed by atoms with Crippen LogP contribution in [0.5, 0.6) is 5.75 Å². The third kappa shape index (κ3) is 6.40. The Morgan fingerprint density at radius 1 is 0.917 bits per heavy atom. The van der Waals surface area contributed by atoms with E-state index in [-0.39, 0.29) is 17.6 Å². The average Bonchev–Trinajstić information content (AvgIpc) is 3.69. The first-order valence-electron chi connectivity index (χ1n) is 12.2. The first-order chi connectivity index (χ1) is 17.5. The summed E-state index contributed by atoms with van der Waals surface area (Å²) in [5.41, 5.74) is 1.97. The lowest BCUT2D eigenvalue weighted by Crippen LogP contribution is -2.48. The van der Waals surface area contributed by atoms with Crippen LogP contribution in [0.3, 0.4) is 0 Å². The predicted molar refractivity (Wildman–Crippen MR) is 136 cm³/mol. The monoisotopic (exact) mass is 489 g/mol. The molecule has 0 aliphatic carbocycles. The minimum Gasteiger partial charge on any atom is -0.508 e. The van der Waals surface area contributed by atoms with E-state index in [1.807, 2.05) is 49.4 Å². The molecular weight excluding hydrogens is 458 g/mol. The Morgan fingerprint density at radius 3 is 2.42 bits per heavy atom. The highest BCUT2D eigenvalue weighted by molar-refractivity contribution is 5.97. The van der Waals surface area contributed by atoms with Gasteiger partial charge in [0.25, 0.3) is 11.8 Å². The molecule has 0 bridgehead atoms. The van der Waals surface area contributed by atoms with Crippen molar-refractivity contribution in [3.63, 3.8) is 0 Å². The molecule has 0 radical (unpaired) electrons. The maximum absolute atomic E-state index is 12.9. The van der Waals surface area contributed by atoms with E-state index in [9.17, 15) is 19.5 Å². The SMILES string of the molecule is CCC[C@H](NC(=O)C1O[C@H]1C(=O)NCCc1ccc(O)cc1)C(=O)NCc1cccc2ccccc12. The van der Waals surface area contributed by atoms with Crippen LogP contribution >= 0.6 is 0 Å². The van der Waals surface area contributed by atoms with Gasteiger partial charge < -0.3 is 25.8 Å². The molecule has 36 heavy (non-hydrogen) atoms. The molecule has 1 saturated heterocycles. The fraction of sp³-hybridized carbons (Fsp3) is 0.321. The van der Waals surface area contributed by atoms with Crippen molar-refractivity contribution in [3.8, 4) is 5.75 Å². The molecule has 0 spiro atoms. The zero-order valence-electron chi connectivity index (χ0n) is 20.2. The number of ether oxygens (including phenoxy) is 1. The molecule has 0 saturated carbocycles. The smallest absolute Gasteiger partial charge is 0.253 e. The molecule has 3 aromatic carbocycles. The summed E-state index contributed by atoms with van der Waals surface area (Å²) in [6.45, 7) is 2.67. The molecular formula is C28H31N3O5. The van der Waals surface area contributed by atoms with E-state index in [0.717, 1.165) is 21.9 Å². The molecule has 1 unspecified atom stereocenters. The van der Waals surface area contributed by atoms with Crippen LogP contribution in [-0.4, -0.2) is 47.6 Å². The summed E-state index contributed by atoms with van der Waals surface area (Å²) in [4.78, 5) is 37.9. The van der Waals surface area contributed by atoms with E-state index in [1.165, 1.54) is 0 Å². The Kier molecular flexibility index (Phi) is 8.17. The minimum absolute atomic E-state index is 0.187. The van der Waals surface area contributed by atoms with E-state index in [2.05, 4.69) is 16.0 Å². The number of hydrogen-bond acceptors (Lipinski definition) is 5. The summed E-state index contributed by atoms with van der Waals surface area (Å²) in [6, 6.07) is 20.0. The Labute approximate surface area is 210 Å². The van der Waals surface area contributed by atoms with Crippen molar-refractivity contribution in [1.29, 1.82) is 0 Å². The molecule has 1 fully saturated rings. The summed E-state index contributed by atoms with van der Waals surface area (Å²) in [5.74, 6) is -0.908. The number of benzene rings is 3. The second kappa shape index (κ2) is 11.7. The predicted octanol–water partition coefficient (Wildman–Crippen LogP) is 2.57. The fourth-order valence-corrected chi connectivity index (χ4v) is 4.17. The quantitative estimate of drug-likeness (QED) is 0.309. The van der Waals surface area contributed by atoms with Crippen LogP contribution < -0.4 is 16.0 Å².